The maximum absolute atomic E-state index is 11.1. The van der Waals surface area contributed by atoms with Gasteiger partial charge in [0.15, 0.2) is 5.16 Å². The topological polar surface area (TPSA) is 63.1 Å². The van der Waals surface area contributed by atoms with E-state index < -0.39 is 5.97 Å². The third kappa shape index (κ3) is 3.16. The van der Waals surface area contributed by atoms with Gasteiger partial charge in [0.1, 0.15) is 5.56 Å². The molecule has 0 aliphatic carbocycles. The summed E-state index contributed by atoms with van der Waals surface area (Å²) in [5.41, 5.74) is 1.47. The predicted molar refractivity (Wildman–Crippen MR) is 76.2 cm³/mol. The van der Waals surface area contributed by atoms with Gasteiger partial charge in [0.25, 0.3) is 0 Å². The molecule has 1 aromatic rings. The third-order valence-corrected chi connectivity index (χ3v) is 3.68. The van der Waals surface area contributed by atoms with Crippen molar-refractivity contribution in [2.45, 2.75) is 14.0 Å². The Morgan fingerprint density at radius 2 is 1.80 bits per heavy atom. The van der Waals surface area contributed by atoms with Gasteiger partial charge in [-0.05, 0) is 6.26 Å². The molecule has 0 fully saturated rings. The SMILES string of the molecule is CSc1nc(CI)c(C(=O)O)c(CI)n1. The van der Waals surface area contributed by atoms with Gasteiger partial charge in [-0.25, -0.2) is 14.8 Å². The van der Waals surface area contributed by atoms with Gasteiger partial charge in [-0.15, -0.1) is 0 Å². The second-order valence-corrected chi connectivity index (χ2v) is 4.85. The first-order valence-electron chi connectivity index (χ1n) is 3.93. The van der Waals surface area contributed by atoms with Crippen molar-refractivity contribution < 1.29 is 9.90 Å². The Hall–Kier alpha value is 0.360. The van der Waals surface area contributed by atoms with Gasteiger partial charge in [0, 0.05) is 8.86 Å². The summed E-state index contributed by atoms with van der Waals surface area (Å²) in [5.74, 6) is -0.944. The number of aromatic carboxylic acids is 1. The highest BCUT2D eigenvalue weighted by molar-refractivity contribution is 14.1. The Morgan fingerprint density at radius 3 is 2.07 bits per heavy atom. The first-order valence-corrected chi connectivity index (χ1v) is 8.20. The van der Waals surface area contributed by atoms with Gasteiger partial charge in [-0.3, -0.25) is 0 Å². The minimum Gasteiger partial charge on any atom is -0.478 e. The monoisotopic (exact) mass is 450 g/mol. The maximum atomic E-state index is 11.1. The number of rotatable bonds is 4. The van der Waals surface area contributed by atoms with Crippen LogP contribution in [0.25, 0.3) is 0 Å². The number of aromatic nitrogens is 2. The Labute approximate surface area is 119 Å². The van der Waals surface area contributed by atoms with E-state index in [1.807, 2.05) is 6.26 Å². The zero-order valence-electron chi connectivity index (χ0n) is 7.83. The van der Waals surface area contributed by atoms with Crippen molar-refractivity contribution in [3.8, 4) is 0 Å². The molecule has 0 spiro atoms. The van der Waals surface area contributed by atoms with E-state index in [4.69, 9.17) is 5.11 Å². The summed E-state index contributed by atoms with van der Waals surface area (Å²) < 4.78 is 1.16. The normalized spacial score (nSPS) is 10.3. The fourth-order valence-corrected chi connectivity index (χ4v) is 2.57. The molecule has 0 bridgehead atoms. The lowest BCUT2D eigenvalue weighted by Crippen LogP contribution is -2.10. The van der Waals surface area contributed by atoms with Crippen LogP contribution < -0.4 is 0 Å². The van der Waals surface area contributed by atoms with Crippen LogP contribution in [0.5, 0.6) is 0 Å². The van der Waals surface area contributed by atoms with Crippen molar-refractivity contribution >= 4 is 62.9 Å². The molecule has 0 aromatic carbocycles. The maximum Gasteiger partial charge on any atom is 0.339 e. The molecule has 0 unspecified atom stereocenters. The van der Waals surface area contributed by atoms with E-state index in [2.05, 4.69) is 55.1 Å². The van der Waals surface area contributed by atoms with E-state index in [-0.39, 0.29) is 5.56 Å². The molecule has 1 rings (SSSR count). The van der Waals surface area contributed by atoms with E-state index in [0.29, 0.717) is 25.4 Å². The Morgan fingerprint density at radius 1 is 1.33 bits per heavy atom. The predicted octanol–water partition coefficient (Wildman–Crippen LogP) is 2.77. The first-order chi connectivity index (χ1) is 7.13. The molecule has 7 heteroatoms. The molecule has 1 heterocycles. The van der Waals surface area contributed by atoms with Crippen LogP contribution >= 0.6 is 56.9 Å². The zero-order valence-corrected chi connectivity index (χ0v) is 13.0. The largest absolute Gasteiger partial charge is 0.478 e. The summed E-state index contributed by atoms with van der Waals surface area (Å²) in [6, 6.07) is 0. The number of carboxylic acid groups (broad SMARTS) is 1. The summed E-state index contributed by atoms with van der Waals surface area (Å²) in [7, 11) is 0. The molecule has 82 valence electrons. The number of hydrogen-bond donors (Lipinski definition) is 1. The van der Waals surface area contributed by atoms with Crippen molar-refractivity contribution in [2.24, 2.45) is 0 Å². The molecule has 0 saturated carbocycles. The molecule has 1 N–H and O–H groups in total. The minimum atomic E-state index is -0.944. The summed E-state index contributed by atoms with van der Waals surface area (Å²) in [5, 5.41) is 9.72. The van der Waals surface area contributed by atoms with Crippen LogP contribution in [-0.2, 0) is 8.86 Å². The minimum absolute atomic E-state index is 0.261. The Bertz CT molecular complexity index is 362. The molecule has 0 amide bonds. The van der Waals surface area contributed by atoms with Crippen molar-refractivity contribution in [2.75, 3.05) is 6.26 Å². The molecule has 15 heavy (non-hydrogen) atoms. The molecule has 0 aliphatic heterocycles. The summed E-state index contributed by atoms with van der Waals surface area (Å²) in [6.45, 7) is 0. The summed E-state index contributed by atoms with van der Waals surface area (Å²) >= 11 is 5.65. The lowest BCUT2D eigenvalue weighted by molar-refractivity contribution is 0.0694. The van der Waals surface area contributed by atoms with Crippen molar-refractivity contribution in [1.82, 2.24) is 9.97 Å². The van der Waals surface area contributed by atoms with Crippen LogP contribution in [0.3, 0.4) is 0 Å². The van der Waals surface area contributed by atoms with Gasteiger partial charge in [0.2, 0.25) is 0 Å². The van der Waals surface area contributed by atoms with Crippen LogP contribution in [0.2, 0.25) is 0 Å². The number of carboxylic acids is 1. The van der Waals surface area contributed by atoms with E-state index in [9.17, 15) is 4.79 Å². The van der Waals surface area contributed by atoms with E-state index in [0.717, 1.165) is 0 Å². The molecule has 0 aliphatic rings. The lowest BCUT2D eigenvalue weighted by atomic mass is 10.2. The Balaban J connectivity index is 3.39. The van der Waals surface area contributed by atoms with E-state index in [1.165, 1.54) is 11.8 Å². The molecule has 1 aromatic heterocycles. The average molecular weight is 450 g/mol. The summed E-state index contributed by atoms with van der Waals surface area (Å²) in [4.78, 5) is 19.5. The fourth-order valence-electron chi connectivity index (χ4n) is 1.07. The van der Waals surface area contributed by atoms with Gasteiger partial charge >= 0.3 is 5.97 Å². The fraction of sp³-hybridized carbons (Fsp3) is 0.375. The standard InChI is InChI=1S/C8H8I2N2O2S/c1-15-8-11-4(2-9)6(7(13)14)5(3-10)12-8/h2-3H2,1H3,(H,13,14). The Kier molecular flexibility index (Phi) is 5.53. The van der Waals surface area contributed by atoms with Crippen LogP contribution in [-0.4, -0.2) is 27.3 Å². The number of halogens is 2. The van der Waals surface area contributed by atoms with Crippen molar-refractivity contribution in [3.63, 3.8) is 0 Å². The highest BCUT2D eigenvalue weighted by Gasteiger charge is 2.18. The highest BCUT2D eigenvalue weighted by atomic mass is 127. The number of nitrogens with zero attached hydrogens (tertiary/aromatic N) is 2. The number of alkyl halides is 2. The van der Waals surface area contributed by atoms with E-state index in [1.54, 1.807) is 0 Å². The van der Waals surface area contributed by atoms with Crippen LogP contribution in [0, 0.1) is 0 Å². The number of carbonyl (C=O) groups is 1. The second kappa shape index (κ2) is 6.18. The van der Waals surface area contributed by atoms with Gasteiger partial charge in [-0.2, -0.15) is 0 Å². The van der Waals surface area contributed by atoms with Crippen molar-refractivity contribution in [1.29, 1.82) is 0 Å². The number of thioether (sulfide) groups is 1. The van der Waals surface area contributed by atoms with Crippen LogP contribution in [0.4, 0.5) is 0 Å². The molecule has 0 saturated heterocycles. The van der Waals surface area contributed by atoms with Crippen molar-refractivity contribution in [3.05, 3.63) is 17.0 Å². The molecular weight excluding hydrogens is 442 g/mol. The molecule has 0 atom stereocenters. The molecule has 0 radical (unpaired) electrons. The molecular formula is C8H8I2N2O2S. The second-order valence-electron chi connectivity index (χ2n) is 2.55. The average Bonchev–Trinajstić information content (AvgIpc) is 2.26. The van der Waals surface area contributed by atoms with E-state index >= 15 is 0 Å². The van der Waals surface area contributed by atoms with Crippen LogP contribution in [0.15, 0.2) is 5.16 Å². The zero-order chi connectivity index (χ0) is 11.4. The highest BCUT2D eigenvalue weighted by Crippen LogP contribution is 2.20. The summed E-state index contributed by atoms with van der Waals surface area (Å²) in [6.07, 6.45) is 1.88. The number of hydrogen-bond acceptors (Lipinski definition) is 4. The lowest BCUT2D eigenvalue weighted by Gasteiger charge is -2.08. The smallest absolute Gasteiger partial charge is 0.339 e. The van der Waals surface area contributed by atoms with Gasteiger partial charge in [0.05, 0.1) is 11.4 Å². The van der Waals surface area contributed by atoms with Crippen LogP contribution in [0.1, 0.15) is 21.7 Å². The third-order valence-electron chi connectivity index (χ3n) is 1.69. The van der Waals surface area contributed by atoms with Gasteiger partial charge < -0.3 is 5.11 Å². The quantitative estimate of drug-likeness (QED) is 0.331. The van der Waals surface area contributed by atoms with Gasteiger partial charge in [-0.1, -0.05) is 56.9 Å². The molecule has 4 nitrogen and oxygen atoms in total. The first kappa shape index (κ1) is 13.4.